The maximum Gasteiger partial charge on any atom is 0.251 e. The van der Waals surface area contributed by atoms with E-state index in [-0.39, 0.29) is 11.9 Å². The molecule has 1 atom stereocenters. The fourth-order valence-electron chi connectivity index (χ4n) is 3.58. The van der Waals surface area contributed by atoms with Crippen LogP contribution in [-0.4, -0.2) is 10.9 Å². The Morgan fingerprint density at radius 1 is 1.21 bits per heavy atom. The van der Waals surface area contributed by atoms with Crippen molar-refractivity contribution in [2.45, 2.75) is 45.6 Å². The summed E-state index contributed by atoms with van der Waals surface area (Å²) >= 11 is 0. The fourth-order valence-corrected chi connectivity index (χ4v) is 3.58. The van der Waals surface area contributed by atoms with Gasteiger partial charge in [0.2, 0.25) is 0 Å². The van der Waals surface area contributed by atoms with Crippen molar-refractivity contribution in [1.29, 1.82) is 0 Å². The highest BCUT2D eigenvalue weighted by Gasteiger charge is 2.18. The normalized spacial score (nSPS) is 15.2. The zero-order chi connectivity index (χ0) is 16.7. The van der Waals surface area contributed by atoms with Gasteiger partial charge >= 0.3 is 0 Å². The Kier molecular flexibility index (Phi) is 3.68. The largest absolute Gasteiger partial charge is 0.464 e. The Bertz CT molecular complexity index is 904. The van der Waals surface area contributed by atoms with Crippen LogP contribution in [0.1, 0.15) is 58.9 Å². The van der Waals surface area contributed by atoms with Gasteiger partial charge in [0, 0.05) is 22.2 Å². The van der Waals surface area contributed by atoms with E-state index in [1.54, 1.807) is 0 Å². The summed E-state index contributed by atoms with van der Waals surface area (Å²) < 4.78 is 5.59. The molecular formula is C20H22N2O2. The van der Waals surface area contributed by atoms with Crippen molar-refractivity contribution in [2.24, 2.45) is 0 Å². The molecule has 2 aromatic heterocycles. The minimum Gasteiger partial charge on any atom is -0.464 e. The number of aryl methyl sites for hydroxylation is 3. The molecule has 0 aliphatic heterocycles. The molecule has 1 amide bonds. The predicted molar refractivity (Wildman–Crippen MR) is 94.3 cm³/mol. The van der Waals surface area contributed by atoms with Gasteiger partial charge in [0.1, 0.15) is 11.5 Å². The van der Waals surface area contributed by atoms with E-state index in [9.17, 15) is 4.79 Å². The maximum atomic E-state index is 12.6. The Hall–Kier alpha value is -2.49. The molecule has 0 fully saturated rings. The number of hydrogen-bond acceptors (Lipinski definition) is 2. The quantitative estimate of drug-likeness (QED) is 0.749. The average Bonchev–Trinajstić information content (AvgIpc) is 3.17. The van der Waals surface area contributed by atoms with E-state index in [0.29, 0.717) is 5.56 Å². The number of rotatable bonds is 3. The summed E-state index contributed by atoms with van der Waals surface area (Å²) in [6.07, 6.45) is 4.68. The number of carbonyl (C=O) groups excluding carboxylic acids is 1. The first kappa shape index (κ1) is 15.1. The molecule has 0 saturated heterocycles. The van der Waals surface area contributed by atoms with Gasteiger partial charge in [0.05, 0.1) is 6.04 Å². The first-order valence-corrected chi connectivity index (χ1v) is 8.62. The van der Waals surface area contributed by atoms with Crippen molar-refractivity contribution in [3.05, 3.63) is 58.7 Å². The highest BCUT2D eigenvalue weighted by Crippen LogP contribution is 2.29. The molecule has 0 radical (unpaired) electrons. The number of nitrogens with one attached hydrogen (secondary N) is 2. The molecule has 0 saturated carbocycles. The van der Waals surface area contributed by atoms with Crippen LogP contribution >= 0.6 is 0 Å². The van der Waals surface area contributed by atoms with Crippen molar-refractivity contribution >= 4 is 16.8 Å². The molecule has 1 aliphatic rings. The molecule has 3 aromatic rings. The van der Waals surface area contributed by atoms with E-state index >= 15 is 0 Å². The Labute approximate surface area is 141 Å². The lowest BCUT2D eigenvalue weighted by Crippen LogP contribution is -2.26. The van der Waals surface area contributed by atoms with Crippen LogP contribution in [0.15, 0.2) is 34.7 Å². The molecule has 0 bridgehead atoms. The van der Waals surface area contributed by atoms with Gasteiger partial charge in [-0.2, -0.15) is 0 Å². The van der Waals surface area contributed by atoms with Crippen LogP contribution in [0.3, 0.4) is 0 Å². The second-order valence-electron chi connectivity index (χ2n) is 6.69. The van der Waals surface area contributed by atoms with Crippen molar-refractivity contribution < 1.29 is 9.21 Å². The Balaban J connectivity index is 1.60. The number of furan rings is 1. The number of carbonyl (C=O) groups is 1. The maximum absolute atomic E-state index is 12.6. The van der Waals surface area contributed by atoms with Crippen LogP contribution in [0, 0.1) is 6.92 Å². The monoisotopic (exact) mass is 322 g/mol. The number of aromatic nitrogens is 1. The number of hydrogen-bond donors (Lipinski definition) is 2. The van der Waals surface area contributed by atoms with Gasteiger partial charge < -0.3 is 14.7 Å². The lowest BCUT2D eigenvalue weighted by atomic mass is 9.95. The standard InChI is InChI=1S/C20H22N2O2/c1-12-7-10-19(24-12)13(2)21-20(23)14-8-9-18-16(11-14)15-5-3-4-6-17(15)22-18/h7-11,13,22H,3-6H2,1-2H3,(H,21,23). The molecule has 1 aliphatic carbocycles. The minimum absolute atomic E-state index is 0.0655. The van der Waals surface area contributed by atoms with Crippen molar-refractivity contribution in [3.63, 3.8) is 0 Å². The third kappa shape index (κ3) is 2.62. The smallest absolute Gasteiger partial charge is 0.251 e. The highest BCUT2D eigenvalue weighted by atomic mass is 16.3. The van der Waals surface area contributed by atoms with E-state index in [1.165, 1.54) is 29.5 Å². The topological polar surface area (TPSA) is 58.0 Å². The third-order valence-electron chi connectivity index (χ3n) is 4.90. The lowest BCUT2D eigenvalue weighted by Gasteiger charge is -2.12. The molecule has 4 heteroatoms. The molecule has 1 unspecified atom stereocenters. The predicted octanol–water partition coefficient (Wildman–Crippen LogP) is 4.44. The van der Waals surface area contributed by atoms with Crippen molar-refractivity contribution in [3.8, 4) is 0 Å². The summed E-state index contributed by atoms with van der Waals surface area (Å²) in [5, 5.41) is 4.21. The number of H-pyrrole nitrogens is 1. The zero-order valence-corrected chi connectivity index (χ0v) is 14.1. The average molecular weight is 322 g/mol. The summed E-state index contributed by atoms with van der Waals surface area (Å²) in [5.74, 6) is 1.57. The van der Waals surface area contributed by atoms with Gasteiger partial charge in [-0.3, -0.25) is 4.79 Å². The first-order valence-electron chi connectivity index (χ1n) is 8.62. The number of benzene rings is 1. The van der Waals surface area contributed by atoms with Gasteiger partial charge in [-0.15, -0.1) is 0 Å². The molecule has 1 aromatic carbocycles. The molecule has 4 rings (SSSR count). The van der Waals surface area contributed by atoms with Crippen LogP contribution in [0.25, 0.3) is 10.9 Å². The van der Waals surface area contributed by atoms with E-state index < -0.39 is 0 Å². The fraction of sp³-hybridized carbons (Fsp3) is 0.350. The summed E-state index contributed by atoms with van der Waals surface area (Å²) in [6.45, 7) is 3.84. The highest BCUT2D eigenvalue weighted by molar-refractivity contribution is 5.99. The van der Waals surface area contributed by atoms with Crippen LogP contribution < -0.4 is 5.32 Å². The first-order chi connectivity index (χ1) is 11.6. The summed E-state index contributed by atoms with van der Waals surface area (Å²) in [5.41, 5.74) is 4.56. The summed E-state index contributed by atoms with van der Waals surface area (Å²) in [4.78, 5) is 16.1. The number of aromatic amines is 1. The molecule has 24 heavy (non-hydrogen) atoms. The van der Waals surface area contributed by atoms with Gasteiger partial charge in [-0.25, -0.2) is 0 Å². The Morgan fingerprint density at radius 2 is 2.04 bits per heavy atom. The SMILES string of the molecule is Cc1ccc(C(C)NC(=O)c2ccc3[nH]c4c(c3c2)CCCC4)o1. The Morgan fingerprint density at radius 3 is 2.83 bits per heavy atom. The lowest BCUT2D eigenvalue weighted by molar-refractivity contribution is 0.0935. The molecule has 2 N–H and O–H groups in total. The third-order valence-corrected chi connectivity index (χ3v) is 4.90. The van der Waals surface area contributed by atoms with E-state index in [0.717, 1.165) is 29.9 Å². The van der Waals surface area contributed by atoms with Gasteiger partial charge in [0.25, 0.3) is 5.91 Å². The van der Waals surface area contributed by atoms with Crippen LogP contribution in [0.2, 0.25) is 0 Å². The van der Waals surface area contributed by atoms with Gasteiger partial charge in [-0.05, 0) is 75.4 Å². The van der Waals surface area contributed by atoms with Gasteiger partial charge in [-0.1, -0.05) is 0 Å². The molecule has 4 nitrogen and oxygen atoms in total. The second kappa shape index (κ2) is 5.86. The van der Waals surface area contributed by atoms with Crippen LogP contribution in [0.5, 0.6) is 0 Å². The summed E-state index contributed by atoms with van der Waals surface area (Å²) in [7, 11) is 0. The van der Waals surface area contributed by atoms with E-state index in [1.807, 2.05) is 44.2 Å². The van der Waals surface area contributed by atoms with Gasteiger partial charge in [0.15, 0.2) is 0 Å². The van der Waals surface area contributed by atoms with Crippen LogP contribution in [0.4, 0.5) is 0 Å². The zero-order valence-electron chi connectivity index (χ0n) is 14.1. The minimum atomic E-state index is -0.151. The molecule has 124 valence electrons. The second-order valence-corrected chi connectivity index (χ2v) is 6.69. The molecule has 0 spiro atoms. The van der Waals surface area contributed by atoms with E-state index in [4.69, 9.17) is 4.42 Å². The number of fused-ring (bicyclic) bond motifs is 3. The van der Waals surface area contributed by atoms with E-state index in [2.05, 4.69) is 10.3 Å². The molecular weight excluding hydrogens is 300 g/mol. The van der Waals surface area contributed by atoms with Crippen LogP contribution in [-0.2, 0) is 12.8 Å². The summed E-state index contributed by atoms with van der Waals surface area (Å²) in [6, 6.07) is 9.60. The molecule has 2 heterocycles. The van der Waals surface area contributed by atoms with Crippen molar-refractivity contribution in [1.82, 2.24) is 10.3 Å². The van der Waals surface area contributed by atoms with Crippen molar-refractivity contribution in [2.75, 3.05) is 0 Å². The number of amides is 1.